The van der Waals surface area contributed by atoms with E-state index in [1.54, 1.807) is 13.1 Å². The number of rotatable bonds is 6. The monoisotopic (exact) mass is 442 g/mol. The molecule has 0 aliphatic heterocycles. The van der Waals surface area contributed by atoms with Gasteiger partial charge in [-0.2, -0.15) is 0 Å². The maximum Gasteiger partial charge on any atom is 0.264 e. The Kier molecular flexibility index (Phi) is 6.42. The van der Waals surface area contributed by atoms with Crippen LogP contribution in [0.2, 0.25) is 0 Å². The lowest BCUT2D eigenvalue weighted by molar-refractivity contribution is -0.116. The fourth-order valence-electron chi connectivity index (χ4n) is 2.71. The molecule has 1 aromatic heterocycles. The second-order valence-electron chi connectivity index (χ2n) is 6.13. The van der Waals surface area contributed by atoms with Crippen LogP contribution in [0.1, 0.15) is 20.8 Å². The maximum absolute atomic E-state index is 12.5. The molecule has 1 heterocycles. The number of thiophene rings is 1. The molecular formula is C21H19BrN2O2S. The van der Waals surface area contributed by atoms with E-state index in [0.717, 1.165) is 21.5 Å². The number of carbonyl (C=O) groups is 2. The van der Waals surface area contributed by atoms with Crippen molar-refractivity contribution in [3.05, 3.63) is 86.5 Å². The summed E-state index contributed by atoms with van der Waals surface area (Å²) in [4.78, 5) is 26.9. The summed E-state index contributed by atoms with van der Waals surface area (Å²) in [7, 11) is 1.63. The lowest BCUT2D eigenvalue weighted by Crippen LogP contribution is -2.34. The van der Waals surface area contributed by atoms with Crippen LogP contribution in [0, 0.1) is 0 Å². The Labute approximate surface area is 171 Å². The van der Waals surface area contributed by atoms with E-state index in [9.17, 15) is 9.59 Å². The largest absolute Gasteiger partial charge is 0.332 e. The molecule has 1 N–H and O–H groups in total. The van der Waals surface area contributed by atoms with E-state index in [4.69, 9.17) is 0 Å². The summed E-state index contributed by atoms with van der Waals surface area (Å²) >= 11 is 4.70. The predicted molar refractivity (Wildman–Crippen MR) is 113 cm³/mol. The van der Waals surface area contributed by atoms with Crippen molar-refractivity contribution >= 4 is 44.8 Å². The fourth-order valence-corrected chi connectivity index (χ4v) is 4.09. The summed E-state index contributed by atoms with van der Waals surface area (Å²) in [6.45, 7) is -0.00593. The summed E-state index contributed by atoms with van der Waals surface area (Å²) in [5, 5.41) is 2.93. The molecule has 0 spiro atoms. The molecule has 0 radical (unpaired) electrons. The number of anilines is 1. The van der Waals surface area contributed by atoms with Gasteiger partial charge in [-0.15, -0.1) is 11.3 Å². The molecule has 0 fully saturated rings. The molecule has 0 saturated heterocycles. The first-order valence-electron chi connectivity index (χ1n) is 8.45. The van der Waals surface area contributed by atoms with Gasteiger partial charge in [-0.1, -0.05) is 48.5 Å². The first kappa shape index (κ1) is 19.3. The minimum atomic E-state index is -0.220. The number of halogens is 1. The van der Waals surface area contributed by atoms with Gasteiger partial charge in [0.15, 0.2) is 0 Å². The highest BCUT2D eigenvalue weighted by Crippen LogP contribution is 2.23. The van der Waals surface area contributed by atoms with Crippen LogP contribution >= 0.6 is 27.3 Å². The van der Waals surface area contributed by atoms with Crippen molar-refractivity contribution in [3.8, 4) is 0 Å². The number of para-hydroxylation sites is 1. The third-order valence-corrected chi connectivity index (χ3v) is 5.65. The number of likely N-dealkylation sites (N-methyl/N-ethyl adjacent to an activating group) is 1. The van der Waals surface area contributed by atoms with E-state index in [0.29, 0.717) is 4.88 Å². The Bertz CT molecular complexity index is 940. The predicted octanol–water partition coefficient (Wildman–Crippen LogP) is 4.81. The molecule has 0 aliphatic carbocycles. The van der Waals surface area contributed by atoms with E-state index in [1.165, 1.54) is 21.8 Å². The normalized spacial score (nSPS) is 10.4. The van der Waals surface area contributed by atoms with Crippen molar-refractivity contribution in [2.45, 2.75) is 6.42 Å². The van der Waals surface area contributed by atoms with Crippen LogP contribution < -0.4 is 5.32 Å². The minimum absolute atomic E-state index is 0.00593. The summed E-state index contributed by atoms with van der Waals surface area (Å²) < 4.78 is 0.888. The second-order valence-corrected chi connectivity index (χ2v) is 8.60. The number of benzene rings is 2. The van der Waals surface area contributed by atoms with Crippen LogP contribution in [0.15, 0.2) is 70.5 Å². The van der Waals surface area contributed by atoms with Crippen molar-refractivity contribution in [2.24, 2.45) is 0 Å². The lowest BCUT2D eigenvalue weighted by Gasteiger charge is -2.17. The van der Waals surface area contributed by atoms with Crippen LogP contribution in [-0.4, -0.2) is 30.3 Å². The lowest BCUT2D eigenvalue weighted by atomic mass is 10.0. The number of nitrogens with one attached hydrogen (secondary N) is 1. The van der Waals surface area contributed by atoms with Crippen LogP contribution in [0.3, 0.4) is 0 Å². The van der Waals surface area contributed by atoms with Gasteiger partial charge in [-0.3, -0.25) is 9.59 Å². The van der Waals surface area contributed by atoms with E-state index in [2.05, 4.69) is 33.4 Å². The molecule has 6 heteroatoms. The molecule has 0 unspecified atom stereocenters. The highest BCUT2D eigenvalue weighted by Gasteiger charge is 2.17. The third kappa shape index (κ3) is 5.28. The zero-order chi connectivity index (χ0) is 19.2. The number of amides is 2. The van der Waals surface area contributed by atoms with Gasteiger partial charge in [0.2, 0.25) is 5.91 Å². The number of carbonyl (C=O) groups excluding carboxylic acids is 2. The molecule has 0 aliphatic rings. The molecule has 2 aromatic carbocycles. The van der Waals surface area contributed by atoms with Gasteiger partial charge in [0.05, 0.1) is 15.2 Å². The van der Waals surface area contributed by atoms with Crippen molar-refractivity contribution in [1.29, 1.82) is 0 Å². The van der Waals surface area contributed by atoms with Crippen molar-refractivity contribution in [2.75, 3.05) is 18.9 Å². The van der Waals surface area contributed by atoms with Gasteiger partial charge >= 0.3 is 0 Å². The van der Waals surface area contributed by atoms with Gasteiger partial charge in [0.25, 0.3) is 5.91 Å². The Balaban J connectivity index is 1.65. The molecule has 3 aromatic rings. The zero-order valence-electron chi connectivity index (χ0n) is 14.8. The highest BCUT2D eigenvalue weighted by atomic mass is 79.9. The summed E-state index contributed by atoms with van der Waals surface area (Å²) in [5.41, 5.74) is 2.98. The SMILES string of the molecule is CN(CC(=O)Nc1ccccc1Cc1ccccc1)C(=O)c1ccc(Br)s1. The fraction of sp³-hybridized carbons (Fsp3) is 0.143. The standard InChI is InChI=1S/C21H19BrN2O2S/c1-24(21(26)18-11-12-19(22)27-18)14-20(25)23-17-10-6-5-9-16(17)13-15-7-3-2-4-8-15/h2-12H,13-14H2,1H3,(H,23,25). The molecule has 27 heavy (non-hydrogen) atoms. The topological polar surface area (TPSA) is 49.4 Å². The first-order valence-corrected chi connectivity index (χ1v) is 10.1. The smallest absolute Gasteiger partial charge is 0.264 e. The molecule has 0 saturated carbocycles. The van der Waals surface area contributed by atoms with Gasteiger partial charge < -0.3 is 10.2 Å². The highest BCUT2D eigenvalue weighted by molar-refractivity contribution is 9.11. The average molecular weight is 443 g/mol. The molecule has 3 rings (SSSR count). The van der Waals surface area contributed by atoms with E-state index in [-0.39, 0.29) is 18.4 Å². The van der Waals surface area contributed by atoms with Gasteiger partial charge in [-0.25, -0.2) is 0 Å². The number of nitrogens with zero attached hydrogens (tertiary/aromatic N) is 1. The van der Waals surface area contributed by atoms with Crippen molar-refractivity contribution in [1.82, 2.24) is 4.90 Å². The quantitative estimate of drug-likeness (QED) is 0.595. The number of hydrogen-bond acceptors (Lipinski definition) is 3. The summed E-state index contributed by atoms with van der Waals surface area (Å²) in [6, 6.07) is 21.4. The van der Waals surface area contributed by atoms with E-state index < -0.39 is 0 Å². The Morgan fingerprint density at radius 3 is 2.41 bits per heavy atom. The van der Waals surface area contributed by atoms with Crippen LogP contribution in [0.4, 0.5) is 5.69 Å². The molecule has 0 atom stereocenters. The van der Waals surface area contributed by atoms with E-state index in [1.807, 2.05) is 48.5 Å². The van der Waals surface area contributed by atoms with Crippen LogP contribution in [0.5, 0.6) is 0 Å². The summed E-state index contributed by atoms with van der Waals surface area (Å²) in [5.74, 6) is -0.389. The molecule has 4 nitrogen and oxygen atoms in total. The van der Waals surface area contributed by atoms with Crippen molar-refractivity contribution in [3.63, 3.8) is 0 Å². The van der Waals surface area contributed by atoms with Gasteiger partial charge in [0, 0.05) is 12.7 Å². The average Bonchev–Trinajstić information content (AvgIpc) is 3.10. The van der Waals surface area contributed by atoms with Crippen LogP contribution in [0.25, 0.3) is 0 Å². The molecule has 138 valence electrons. The Morgan fingerprint density at radius 2 is 1.70 bits per heavy atom. The Hall–Kier alpha value is -2.44. The van der Waals surface area contributed by atoms with Gasteiger partial charge in [-0.05, 0) is 51.7 Å². The Morgan fingerprint density at radius 1 is 1.00 bits per heavy atom. The van der Waals surface area contributed by atoms with Crippen LogP contribution in [-0.2, 0) is 11.2 Å². The first-order chi connectivity index (χ1) is 13.0. The maximum atomic E-state index is 12.5. The third-order valence-electron chi connectivity index (χ3n) is 4.04. The molecular weight excluding hydrogens is 424 g/mol. The van der Waals surface area contributed by atoms with Gasteiger partial charge in [0.1, 0.15) is 0 Å². The van der Waals surface area contributed by atoms with Crippen molar-refractivity contribution < 1.29 is 9.59 Å². The molecule has 2 amide bonds. The zero-order valence-corrected chi connectivity index (χ0v) is 17.2. The minimum Gasteiger partial charge on any atom is -0.332 e. The second kappa shape index (κ2) is 8.97. The van der Waals surface area contributed by atoms with E-state index >= 15 is 0 Å². The summed E-state index contributed by atoms with van der Waals surface area (Å²) in [6.07, 6.45) is 0.731. The molecule has 0 bridgehead atoms. The number of hydrogen-bond donors (Lipinski definition) is 1.